The van der Waals surface area contributed by atoms with E-state index in [1.807, 2.05) is 24.3 Å². The zero-order valence-electron chi connectivity index (χ0n) is 16.1. The Morgan fingerprint density at radius 3 is 2.64 bits per heavy atom. The average molecular weight is 380 g/mol. The van der Waals surface area contributed by atoms with Crippen molar-refractivity contribution in [3.63, 3.8) is 0 Å². The number of morpholine rings is 1. The minimum Gasteiger partial charge on any atom is -0.493 e. The van der Waals surface area contributed by atoms with Crippen molar-refractivity contribution >= 4 is 5.96 Å². The van der Waals surface area contributed by atoms with Crippen molar-refractivity contribution < 1.29 is 9.47 Å². The van der Waals surface area contributed by atoms with Gasteiger partial charge in [0.25, 0.3) is 0 Å². The molecule has 148 valence electrons. The summed E-state index contributed by atoms with van der Waals surface area (Å²) >= 11 is 0. The zero-order valence-corrected chi connectivity index (χ0v) is 16.1. The number of hydrogen-bond donors (Lipinski definition) is 2. The standard InChI is InChI=1S/C22H28N4O2/c23-22(25-19-10-13-28-21-9-5-4-8-18(19)21)24-16-20(17-6-2-1-3-7-17)26-11-14-27-15-12-26/h1-9,19-20H,10-16H2,(H3,23,24,25). The maximum atomic E-state index is 6.27. The van der Waals surface area contributed by atoms with Crippen LogP contribution < -0.4 is 15.8 Å². The Balaban J connectivity index is 1.46. The Kier molecular flexibility index (Phi) is 6.09. The van der Waals surface area contributed by atoms with E-state index in [0.29, 0.717) is 19.1 Å². The molecule has 0 radical (unpaired) electrons. The van der Waals surface area contributed by atoms with E-state index in [2.05, 4.69) is 40.5 Å². The van der Waals surface area contributed by atoms with E-state index in [0.717, 1.165) is 44.0 Å². The number of nitrogens with zero attached hydrogens (tertiary/aromatic N) is 2. The molecule has 0 aliphatic carbocycles. The lowest BCUT2D eigenvalue weighted by atomic mass is 10.0. The molecule has 0 spiro atoms. The molecule has 2 aromatic carbocycles. The second-order valence-corrected chi connectivity index (χ2v) is 7.17. The molecule has 1 fully saturated rings. The lowest BCUT2D eigenvalue weighted by Gasteiger charge is -2.34. The van der Waals surface area contributed by atoms with Gasteiger partial charge in [0.2, 0.25) is 0 Å². The van der Waals surface area contributed by atoms with E-state index >= 15 is 0 Å². The van der Waals surface area contributed by atoms with E-state index in [4.69, 9.17) is 20.2 Å². The fraction of sp³-hybridized carbons (Fsp3) is 0.409. The highest BCUT2D eigenvalue weighted by Gasteiger charge is 2.24. The number of fused-ring (bicyclic) bond motifs is 1. The van der Waals surface area contributed by atoms with Crippen LogP contribution in [0, 0.1) is 0 Å². The van der Waals surface area contributed by atoms with Crippen molar-refractivity contribution in [2.24, 2.45) is 10.7 Å². The van der Waals surface area contributed by atoms with Gasteiger partial charge in [0.05, 0.1) is 38.4 Å². The van der Waals surface area contributed by atoms with E-state index in [1.165, 1.54) is 5.56 Å². The number of guanidine groups is 1. The Morgan fingerprint density at radius 2 is 1.82 bits per heavy atom. The second-order valence-electron chi connectivity index (χ2n) is 7.17. The molecule has 2 heterocycles. The second kappa shape index (κ2) is 9.08. The van der Waals surface area contributed by atoms with Gasteiger partial charge >= 0.3 is 0 Å². The number of para-hydroxylation sites is 1. The zero-order chi connectivity index (χ0) is 19.2. The van der Waals surface area contributed by atoms with Gasteiger partial charge in [-0.05, 0) is 11.6 Å². The van der Waals surface area contributed by atoms with Crippen molar-refractivity contribution in [1.29, 1.82) is 0 Å². The topological polar surface area (TPSA) is 72.1 Å². The van der Waals surface area contributed by atoms with Gasteiger partial charge in [-0.3, -0.25) is 9.89 Å². The molecule has 3 N–H and O–H groups in total. The van der Waals surface area contributed by atoms with Crippen molar-refractivity contribution in [3.05, 3.63) is 65.7 Å². The monoisotopic (exact) mass is 380 g/mol. The average Bonchev–Trinajstić information content (AvgIpc) is 2.76. The minimum absolute atomic E-state index is 0.132. The van der Waals surface area contributed by atoms with Gasteiger partial charge in [0.15, 0.2) is 5.96 Å². The van der Waals surface area contributed by atoms with E-state index in [1.54, 1.807) is 0 Å². The third kappa shape index (κ3) is 4.46. The van der Waals surface area contributed by atoms with Crippen LogP contribution in [0.25, 0.3) is 0 Å². The minimum atomic E-state index is 0.132. The molecule has 2 atom stereocenters. The van der Waals surface area contributed by atoms with Gasteiger partial charge < -0.3 is 20.5 Å². The van der Waals surface area contributed by atoms with Crippen LogP contribution >= 0.6 is 0 Å². The summed E-state index contributed by atoms with van der Waals surface area (Å²) in [7, 11) is 0. The molecule has 0 saturated carbocycles. The molecule has 0 aromatic heterocycles. The molecular weight excluding hydrogens is 352 g/mol. The van der Waals surface area contributed by atoms with Gasteiger partial charge in [0.1, 0.15) is 5.75 Å². The fourth-order valence-electron chi connectivity index (χ4n) is 3.90. The van der Waals surface area contributed by atoms with Gasteiger partial charge in [-0.2, -0.15) is 0 Å². The molecule has 28 heavy (non-hydrogen) atoms. The number of ether oxygens (including phenoxy) is 2. The van der Waals surface area contributed by atoms with Crippen LogP contribution in [-0.2, 0) is 4.74 Å². The maximum Gasteiger partial charge on any atom is 0.189 e. The van der Waals surface area contributed by atoms with Crippen molar-refractivity contribution in [1.82, 2.24) is 10.2 Å². The Morgan fingerprint density at radius 1 is 1.07 bits per heavy atom. The predicted octanol–water partition coefficient (Wildman–Crippen LogP) is 2.49. The van der Waals surface area contributed by atoms with Crippen molar-refractivity contribution in [2.45, 2.75) is 18.5 Å². The van der Waals surface area contributed by atoms with Crippen molar-refractivity contribution in [2.75, 3.05) is 39.5 Å². The quantitative estimate of drug-likeness (QED) is 0.616. The highest BCUT2D eigenvalue weighted by molar-refractivity contribution is 5.78. The molecule has 2 aliphatic heterocycles. The first kappa shape index (κ1) is 18.8. The van der Waals surface area contributed by atoms with Gasteiger partial charge in [-0.15, -0.1) is 0 Å². The first-order chi connectivity index (χ1) is 13.8. The third-order valence-corrected chi connectivity index (χ3v) is 5.39. The smallest absolute Gasteiger partial charge is 0.189 e. The number of nitrogens with one attached hydrogen (secondary N) is 1. The number of rotatable bonds is 5. The van der Waals surface area contributed by atoms with Crippen LogP contribution in [0.2, 0.25) is 0 Å². The lowest BCUT2D eigenvalue weighted by molar-refractivity contribution is 0.0180. The lowest BCUT2D eigenvalue weighted by Crippen LogP contribution is -2.41. The van der Waals surface area contributed by atoms with Gasteiger partial charge in [0, 0.05) is 25.1 Å². The van der Waals surface area contributed by atoms with Crippen LogP contribution in [0.1, 0.15) is 29.6 Å². The van der Waals surface area contributed by atoms with Crippen LogP contribution in [0.15, 0.2) is 59.6 Å². The molecule has 4 rings (SSSR count). The molecule has 2 aromatic rings. The number of benzene rings is 2. The van der Waals surface area contributed by atoms with Gasteiger partial charge in [-0.1, -0.05) is 48.5 Å². The molecule has 2 unspecified atom stereocenters. The summed E-state index contributed by atoms with van der Waals surface area (Å²) < 4.78 is 11.3. The normalized spacial score (nSPS) is 21.4. The number of nitrogens with two attached hydrogens (primary N) is 1. The maximum absolute atomic E-state index is 6.27. The third-order valence-electron chi connectivity index (χ3n) is 5.39. The summed E-state index contributed by atoms with van der Waals surface area (Å²) in [5.41, 5.74) is 8.67. The largest absolute Gasteiger partial charge is 0.493 e. The van der Waals surface area contributed by atoms with Gasteiger partial charge in [-0.25, -0.2) is 0 Å². The Labute approximate surface area is 166 Å². The van der Waals surface area contributed by atoms with Crippen LogP contribution in [0.3, 0.4) is 0 Å². The first-order valence-electron chi connectivity index (χ1n) is 9.96. The highest BCUT2D eigenvalue weighted by atomic mass is 16.5. The highest BCUT2D eigenvalue weighted by Crippen LogP contribution is 2.31. The number of hydrogen-bond acceptors (Lipinski definition) is 4. The SMILES string of the molecule is NC(=NCC(c1ccccc1)N1CCOCC1)NC1CCOc2ccccc21. The Hall–Kier alpha value is -2.57. The summed E-state index contributed by atoms with van der Waals surface area (Å²) in [6, 6.07) is 19.0. The van der Waals surface area contributed by atoms with E-state index in [9.17, 15) is 0 Å². The molecule has 2 aliphatic rings. The summed E-state index contributed by atoms with van der Waals surface area (Å²) in [6.07, 6.45) is 0.874. The fourth-order valence-corrected chi connectivity index (χ4v) is 3.90. The molecule has 0 amide bonds. The molecule has 0 bridgehead atoms. The molecule has 6 heteroatoms. The summed E-state index contributed by atoms with van der Waals surface area (Å²) in [5.74, 6) is 1.41. The predicted molar refractivity (Wildman–Crippen MR) is 110 cm³/mol. The molecule has 1 saturated heterocycles. The van der Waals surface area contributed by atoms with Crippen LogP contribution in [-0.4, -0.2) is 50.3 Å². The summed E-state index contributed by atoms with van der Waals surface area (Å²) in [6.45, 7) is 4.65. The van der Waals surface area contributed by atoms with E-state index < -0.39 is 0 Å². The van der Waals surface area contributed by atoms with Crippen molar-refractivity contribution in [3.8, 4) is 5.75 Å². The molecule has 6 nitrogen and oxygen atoms in total. The molecular formula is C22H28N4O2. The summed E-state index contributed by atoms with van der Waals surface area (Å²) in [4.78, 5) is 7.13. The van der Waals surface area contributed by atoms with E-state index in [-0.39, 0.29) is 12.1 Å². The first-order valence-corrected chi connectivity index (χ1v) is 9.96. The van der Waals surface area contributed by atoms with Crippen LogP contribution in [0.4, 0.5) is 0 Å². The summed E-state index contributed by atoms with van der Waals surface area (Å²) in [5, 5.41) is 3.39. The van der Waals surface area contributed by atoms with Crippen LogP contribution in [0.5, 0.6) is 5.75 Å². The number of aliphatic imine (C=N–C) groups is 1. The Bertz CT molecular complexity index is 790.